The number of rotatable bonds is 8. The van der Waals surface area contributed by atoms with Gasteiger partial charge in [0.1, 0.15) is 0 Å². The van der Waals surface area contributed by atoms with Crippen LogP contribution in [-0.2, 0) is 11.4 Å². The fourth-order valence-corrected chi connectivity index (χ4v) is 3.18. The molecule has 144 valence electrons. The zero-order valence-corrected chi connectivity index (χ0v) is 15.9. The van der Waals surface area contributed by atoms with Gasteiger partial charge in [-0.1, -0.05) is 23.8 Å². The lowest BCUT2D eigenvalue weighted by atomic mass is 10.0. The fourth-order valence-electron chi connectivity index (χ4n) is 2.99. The van der Waals surface area contributed by atoms with Gasteiger partial charge in [-0.3, -0.25) is 9.69 Å². The van der Waals surface area contributed by atoms with Crippen LogP contribution >= 0.6 is 11.6 Å². The number of piperidine rings is 1. The van der Waals surface area contributed by atoms with Gasteiger partial charge in [0, 0.05) is 41.9 Å². The van der Waals surface area contributed by atoms with Crippen molar-refractivity contribution in [1.82, 2.24) is 10.2 Å². The average Bonchev–Trinajstić information content (AvgIpc) is 2.61. The Bertz CT molecular complexity index is 614. The maximum Gasteiger partial charge on any atom is 0.234 e. The Hall–Kier alpha value is -1.60. The molecule has 0 saturated carbocycles. The van der Waals surface area contributed by atoms with Crippen molar-refractivity contribution in [3.8, 4) is 0 Å². The number of anilines is 1. The molecule has 0 radical (unpaired) electrons. The van der Waals surface area contributed by atoms with Crippen molar-refractivity contribution in [3.63, 3.8) is 0 Å². The Kier molecular flexibility index (Phi) is 8.38. The third-order valence-corrected chi connectivity index (χ3v) is 4.62. The molecule has 0 aromatic heterocycles. The topological polar surface area (TPSA) is 84.8 Å². The lowest BCUT2D eigenvalue weighted by molar-refractivity contribution is -0.122. The summed E-state index contributed by atoms with van der Waals surface area (Å²) in [4.78, 5) is 14.1. The molecule has 1 amide bonds. The van der Waals surface area contributed by atoms with Crippen LogP contribution in [-0.4, -0.2) is 59.3 Å². The number of amides is 1. The fraction of sp³-hybridized carbons (Fsp3) is 0.526. The number of nitrogens with one attached hydrogen (secondary N) is 2. The van der Waals surface area contributed by atoms with Crippen molar-refractivity contribution in [1.29, 1.82) is 0 Å². The maximum absolute atomic E-state index is 11.9. The molecule has 1 fully saturated rings. The second-order valence-electron chi connectivity index (χ2n) is 6.63. The Labute approximate surface area is 159 Å². The molecule has 1 aromatic carbocycles. The normalized spacial score (nSPS) is 17.4. The Balaban J connectivity index is 1.73. The largest absolute Gasteiger partial charge is 0.392 e. The van der Waals surface area contributed by atoms with Crippen LogP contribution in [0.4, 0.5) is 5.69 Å². The van der Waals surface area contributed by atoms with Gasteiger partial charge in [0.05, 0.1) is 19.3 Å². The van der Waals surface area contributed by atoms with Gasteiger partial charge >= 0.3 is 0 Å². The van der Waals surface area contributed by atoms with Crippen LogP contribution in [0.5, 0.6) is 0 Å². The maximum atomic E-state index is 11.9. The SMILES string of the molecule is CC(O)/C=C/CNC(=O)CN1CCC(Nc2ccc(Cl)cc2CO)CC1. The van der Waals surface area contributed by atoms with E-state index in [0.29, 0.717) is 24.2 Å². The van der Waals surface area contributed by atoms with Crippen molar-refractivity contribution in [2.75, 3.05) is 31.5 Å². The predicted molar refractivity (Wildman–Crippen MR) is 104 cm³/mol. The minimum atomic E-state index is -0.495. The number of nitrogens with zero attached hydrogens (tertiary/aromatic N) is 1. The number of carbonyl (C=O) groups excluding carboxylic acids is 1. The lowest BCUT2D eigenvalue weighted by Gasteiger charge is -2.32. The van der Waals surface area contributed by atoms with Gasteiger partial charge < -0.3 is 20.8 Å². The molecule has 1 aliphatic heterocycles. The van der Waals surface area contributed by atoms with Crippen LogP contribution in [0.15, 0.2) is 30.4 Å². The van der Waals surface area contributed by atoms with Crippen LogP contribution in [0.25, 0.3) is 0 Å². The van der Waals surface area contributed by atoms with Crippen molar-refractivity contribution in [2.24, 2.45) is 0 Å². The summed E-state index contributed by atoms with van der Waals surface area (Å²) in [6.45, 7) is 4.13. The van der Waals surface area contributed by atoms with Gasteiger partial charge in [0.25, 0.3) is 0 Å². The van der Waals surface area contributed by atoms with E-state index in [1.165, 1.54) is 0 Å². The second kappa shape index (κ2) is 10.5. The zero-order chi connectivity index (χ0) is 18.9. The molecule has 2 rings (SSSR count). The van der Waals surface area contributed by atoms with E-state index in [0.717, 1.165) is 37.2 Å². The van der Waals surface area contributed by atoms with E-state index in [-0.39, 0.29) is 12.5 Å². The summed E-state index contributed by atoms with van der Waals surface area (Å²) in [5, 5.41) is 25.5. The molecule has 1 aromatic rings. The summed E-state index contributed by atoms with van der Waals surface area (Å²) < 4.78 is 0. The van der Waals surface area contributed by atoms with E-state index in [1.54, 1.807) is 25.1 Å². The molecule has 4 N–H and O–H groups in total. The van der Waals surface area contributed by atoms with E-state index >= 15 is 0 Å². The third-order valence-electron chi connectivity index (χ3n) is 4.38. The molecule has 0 spiro atoms. The summed E-state index contributed by atoms with van der Waals surface area (Å²) in [7, 11) is 0. The van der Waals surface area contributed by atoms with Gasteiger partial charge in [-0.05, 0) is 38.0 Å². The molecule has 0 bridgehead atoms. The molecule has 1 saturated heterocycles. The van der Waals surface area contributed by atoms with Crippen molar-refractivity contribution in [2.45, 2.75) is 38.5 Å². The van der Waals surface area contributed by atoms with Crippen LogP contribution in [0.1, 0.15) is 25.3 Å². The second-order valence-corrected chi connectivity index (χ2v) is 7.06. The van der Waals surface area contributed by atoms with E-state index in [9.17, 15) is 9.90 Å². The zero-order valence-electron chi connectivity index (χ0n) is 15.1. The van der Waals surface area contributed by atoms with Crippen molar-refractivity contribution in [3.05, 3.63) is 40.9 Å². The molecular weight excluding hydrogens is 354 g/mol. The third kappa shape index (κ3) is 6.96. The van der Waals surface area contributed by atoms with Crippen molar-refractivity contribution >= 4 is 23.2 Å². The van der Waals surface area contributed by atoms with Gasteiger partial charge in [-0.2, -0.15) is 0 Å². The molecule has 1 heterocycles. The highest BCUT2D eigenvalue weighted by Crippen LogP contribution is 2.23. The molecule has 1 aliphatic rings. The quantitative estimate of drug-likeness (QED) is 0.516. The molecule has 0 aliphatic carbocycles. The first-order valence-electron chi connectivity index (χ1n) is 8.97. The monoisotopic (exact) mass is 381 g/mol. The Morgan fingerprint density at radius 3 is 2.81 bits per heavy atom. The first-order valence-corrected chi connectivity index (χ1v) is 9.35. The number of hydrogen-bond acceptors (Lipinski definition) is 5. The van der Waals surface area contributed by atoms with Gasteiger partial charge in [0.2, 0.25) is 5.91 Å². The van der Waals surface area contributed by atoms with Crippen LogP contribution in [0.2, 0.25) is 5.02 Å². The highest BCUT2D eigenvalue weighted by molar-refractivity contribution is 6.30. The minimum absolute atomic E-state index is 0.00748. The van der Waals surface area contributed by atoms with E-state index in [1.807, 2.05) is 12.1 Å². The van der Waals surface area contributed by atoms with E-state index < -0.39 is 6.10 Å². The smallest absolute Gasteiger partial charge is 0.234 e. The van der Waals surface area contributed by atoms with Gasteiger partial charge in [-0.15, -0.1) is 0 Å². The van der Waals surface area contributed by atoms with E-state index in [2.05, 4.69) is 15.5 Å². The van der Waals surface area contributed by atoms with Crippen LogP contribution in [0, 0.1) is 0 Å². The minimum Gasteiger partial charge on any atom is -0.392 e. The number of aliphatic hydroxyl groups excluding tert-OH is 2. The number of carbonyl (C=O) groups is 1. The van der Waals surface area contributed by atoms with E-state index in [4.69, 9.17) is 16.7 Å². The van der Waals surface area contributed by atoms with Crippen LogP contribution in [0.3, 0.4) is 0 Å². The summed E-state index contributed by atoms with van der Waals surface area (Å²) in [6, 6.07) is 5.80. The molecule has 26 heavy (non-hydrogen) atoms. The predicted octanol–water partition coefficient (Wildman–Crippen LogP) is 1.76. The molecular formula is C19H28ClN3O3. The molecule has 1 atom stereocenters. The summed E-state index contributed by atoms with van der Waals surface area (Å²) in [5.74, 6) is -0.00748. The number of aliphatic hydroxyl groups is 2. The molecule has 7 heteroatoms. The summed E-state index contributed by atoms with van der Waals surface area (Å²) in [5.41, 5.74) is 1.71. The number of hydrogen-bond donors (Lipinski definition) is 4. The number of benzene rings is 1. The highest BCUT2D eigenvalue weighted by Gasteiger charge is 2.21. The summed E-state index contributed by atoms with van der Waals surface area (Å²) in [6.07, 6.45) is 4.77. The van der Waals surface area contributed by atoms with Crippen molar-refractivity contribution < 1.29 is 15.0 Å². The molecule has 6 nitrogen and oxygen atoms in total. The first kappa shape index (κ1) is 20.7. The van der Waals surface area contributed by atoms with Crippen LogP contribution < -0.4 is 10.6 Å². The average molecular weight is 382 g/mol. The number of halogens is 1. The highest BCUT2D eigenvalue weighted by atomic mass is 35.5. The number of likely N-dealkylation sites (tertiary alicyclic amines) is 1. The first-order chi connectivity index (χ1) is 12.5. The van der Waals surface area contributed by atoms with Gasteiger partial charge in [0.15, 0.2) is 0 Å². The Morgan fingerprint density at radius 1 is 1.42 bits per heavy atom. The standard InChI is InChI=1S/C19H28ClN3O3/c1-14(25)3-2-8-21-19(26)12-23-9-6-17(7-10-23)22-18-5-4-16(20)11-15(18)13-24/h2-5,11,14,17,22,24-25H,6-10,12-13H2,1H3,(H,21,26)/b3-2+. The Morgan fingerprint density at radius 2 is 2.15 bits per heavy atom. The van der Waals surface area contributed by atoms with Gasteiger partial charge in [-0.25, -0.2) is 0 Å². The summed E-state index contributed by atoms with van der Waals surface area (Å²) >= 11 is 5.97. The lowest BCUT2D eigenvalue weighted by Crippen LogP contribution is -2.44. The molecule has 1 unspecified atom stereocenters.